The largest absolute Gasteiger partial charge is 0.368 e. The smallest absolute Gasteiger partial charge is 0.278 e. The summed E-state index contributed by atoms with van der Waals surface area (Å²) in [5, 5.41) is 15.8. The van der Waals surface area contributed by atoms with Crippen molar-refractivity contribution in [2.75, 3.05) is 31.1 Å². The van der Waals surface area contributed by atoms with E-state index >= 15 is 0 Å². The number of nitrogens with zero attached hydrogens (tertiary/aromatic N) is 4. The van der Waals surface area contributed by atoms with Crippen molar-refractivity contribution in [3.05, 3.63) is 76.1 Å². The SMILES string of the molecule is Cc1ccc(CNC(=O)[C@@H](C)N2CCN(c3ccc([N+](=O)[O-])c4cnccc34)CC2)cc1. The number of amides is 1. The second-order valence-corrected chi connectivity index (χ2v) is 8.18. The number of rotatable bonds is 6. The number of fused-ring (bicyclic) bond motifs is 1. The maximum Gasteiger partial charge on any atom is 0.278 e. The van der Waals surface area contributed by atoms with Crippen LogP contribution in [0, 0.1) is 17.0 Å². The van der Waals surface area contributed by atoms with E-state index in [4.69, 9.17) is 0 Å². The molecule has 32 heavy (non-hydrogen) atoms. The summed E-state index contributed by atoms with van der Waals surface area (Å²) in [5.41, 5.74) is 3.31. The molecule has 4 rings (SSSR count). The van der Waals surface area contributed by atoms with Crippen molar-refractivity contribution >= 4 is 28.1 Å². The second kappa shape index (κ2) is 9.32. The minimum Gasteiger partial charge on any atom is -0.368 e. The predicted octanol–water partition coefficient (Wildman–Crippen LogP) is 3.28. The van der Waals surface area contributed by atoms with Gasteiger partial charge in [-0.3, -0.25) is 24.8 Å². The second-order valence-electron chi connectivity index (χ2n) is 8.18. The van der Waals surface area contributed by atoms with Crippen molar-refractivity contribution in [3.8, 4) is 0 Å². The van der Waals surface area contributed by atoms with Crippen LogP contribution in [-0.2, 0) is 11.3 Å². The number of nitrogens with one attached hydrogen (secondary N) is 1. The quantitative estimate of drug-likeness (QED) is 0.474. The summed E-state index contributed by atoms with van der Waals surface area (Å²) in [6, 6.07) is 13.1. The Hall–Kier alpha value is -3.52. The van der Waals surface area contributed by atoms with Crippen molar-refractivity contribution in [1.82, 2.24) is 15.2 Å². The Morgan fingerprint density at radius 2 is 1.81 bits per heavy atom. The average Bonchev–Trinajstić information content (AvgIpc) is 2.82. The third kappa shape index (κ3) is 4.55. The van der Waals surface area contributed by atoms with Crippen molar-refractivity contribution < 1.29 is 9.72 Å². The summed E-state index contributed by atoms with van der Waals surface area (Å²) in [6.07, 6.45) is 3.21. The number of hydrogen-bond acceptors (Lipinski definition) is 6. The van der Waals surface area contributed by atoms with Crippen LogP contribution < -0.4 is 10.2 Å². The number of benzene rings is 2. The van der Waals surface area contributed by atoms with E-state index in [-0.39, 0.29) is 22.6 Å². The fourth-order valence-electron chi connectivity index (χ4n) is 4.15. The summed E-state index contributed by atoms with van der Waals surface area (Å²) < 4.78 is 0. The summed E-state index contributed by atoms with van der Waals surface area (Å²) in [4.78, 5) is 32.1. The zero-order valence-electron chi connectivity index (χ0n) is 18.3. The molecule has 0 saturated carbocycles. The number of anilines is 1. The van der Waals surface area contributed by atoms with Gasteiger partial charge in [0.15, 0.2) is 0 Å². The van der Waals surface area contributed by atoms with Crippen LogP contribution in [0.4, 0.5) is 11.4 Å². The summed E-state index contributed by atoms with van der Waals surface area (Å²) >= 11 is 0. The molecule has 1 aromatic heterocycles. The molecule has 1 atom stereocenters. The maximum atomic E-state index is 12.7. The molecule has 1 aliphatic rings. The molecule has 1 amide bonds. The predicted molar refractivity (Wildman–Crippen MR) is 125 cm³/mol. The number of hydrogen-bond donors (Lipinski definition) is 1. The topological polar surface area (TPSA) is 91.6 Å². The highest BCUT2D eigenvalue weighted by Gasteiger charge is 2.27. The van der Waals surface area contributed by atoms with E-state index < -0.39 is 0 Å². The van der Waals surface area contributed by atoms with Crippen LogP contribution in [0.2, 0.25) is 0 Å². The molecule has 1 N–H and O–H groups in total. The minimum atomic E-state index is -0.372. The molecule has 166 valence electrons. The maximum absolute atomic E-state index is 12.7. The van der Waals surface area contributed by atoms with E-state index in [9.17, 15) is 14.9 Å². The number of carbonyl (C=O) groups is 1. The van der Waals surface area contributed by atoms with Gasteiger partial charge in [-0.15, -0.1) is 0 Å². The lowest BCUT2D eigenvalue weighted by molar-refractivity contribution is -0.383. The third-order valence-corrected chi connectivity index (χ3v) is 6.14. The Morgan fingerprint density at radius 1 is 1.09 bits per heavy atom. The minimum absolute atomic E-state index is 0.0193. The van der Waals surface area contributed by atoms with Gasteiger partial charge in [-0.05, 0) is 31.5 Å². The van der Waals surface area contributed by atoms with Crippen LogP contribution in [0.15, 0.2) is 54.9 Å². The van der Waals surface area contributed by atoms with Crippen molar-refractivity contribution in [3.63, 3.8) is 0 Å². The lowest BCUT2D eigenvalue weighted by atomic mass is 10.1. The molecule has 1 fully saturated rings. The normalized spacial score (nSPS) is 15.5. The number of piperazine rings is 1. The molecule has 1 saturated heterocycles. The molecule has 8 nitrogen and oxygen atoms in total. The monoisotopic (exact) mass is 433 g/mol. The lowest BCUT2D eigenvalue weighted by Gasteiger charge is -2.38. The van der Waals surface area contributed by atoms with Gasteiger partial charge in [0.25, 0.3) is 5.69 Å². The van der Waals surface area contributed by atoms with Gasteiger partial charge in [-0.25, -0.2) is 0 Å². The lowest BCUT2D eigenvalue weighted by Crippen LogP contribution is -2.53. The summed E-state index contributed by atoms with van der Waals surface area (Å²) in [7, 11) is 0. The molecular weight excluding hydrogens is 406 g/mol. The van der Waals surface area contributed by atoms with Crippen LogP contribution in [0.5, 0.6) is 0 Å². The molecule has 0 spiro atoms. The number of nitro groups is 1. The Balaban J connectivity index is 1.38. The van der Waals surface area contributed by atoms with Crippen LogP contribution >= 0.6 is 0 Å². The Morgan fingerprint density at radius 3 is 2.50 bits per heavy atom. The van der Waals surface area contributed by atoms with Crippen LogP contribution in [0.25, 0.3) is 10.8 Å². The number of non-ortho nitro benzene ring substituents is 1. The van der Waals surface area contributed by atoms with Gasteiger partial charge in [0, 0.05) is 62.3 Å². The Bertz CT molecular complexity index is 1120. The average molecular weight is 434 g/mol. The van der Waals surface area contributed by atoms with E-state index in [0.29, 0.717) is 11.9 Å². The van der Waals surface area contributed by atoms with Gasteiger partial charge >= 0.3 is 0 Å². The highest BCUT2D eigenvalue weighted by Crippen LogP contribution is 2.33. The van der Waals surface area contributed by atoms with E-state index in [1.54, 1.807) is 18.5 Å². The van der Waals surface area contributed by atoms with Crippen LogP contribution in [-0.4, -0.2) is 52.9 Å². The molecule has 0 unspecified atom stereocenters. The van der Waals surface area contributed by atoms with Gasteiger partial charge in [0.05, 0.1) is 16.4 Å². The third-order valence-electron chi connectivity index (χ3n) is 6.14. The molecule has 0 bridgehead atoms. The fourth-order valence-corrected chi connectivity index (χ4v) is 4.15. The first-order valence-electron chi connectivity index (χ1n) is 10.8. The first-order chi connectivity index (χ1) is 15.4. The van der Waals surface area contributed by atoms with E-state index in [2.05, 4.69) is 20.1 Å². The molecule has 1 aliphatic heterocycles. The van der Waals surface area contributed by atoms with Gasteiger partial charge < -0.3 is 10.2 Å². The van der Waals surface area contributed by atoms with E-state index in [0.717, 1.165) is 42.8 Å². The molecule has 0 radical (unpaired) electrons. The first-order valence-corrected chi connectivity index (χ1v) is 10.8. The highest BCUT2D eigenvalue weighted by molar-refractivity contribution is 5.99. The highest BCUT2D eigenvalue weighted by atomic mass is 16.6. The Kier molecular flexibility index (Phi) is 6.32. The summed E-state index contributed by atoms with van der Waals surface area (Å²) in [6.45, 7) is 7.46. The molecular formula is C24H27N5O3. The van der Waals surface area contributed by atoms with Crippen molar-refractivity contribution in [2.45, 2.75) is 26.4 Å². The number of carbonyl (C=O) groups excluding carboxylic acids is 1. The number of aryl methyl sites for hydroxylation is 1. The number of nitro benzene ring substituents is 1. The molecule has 2 heterocycles. The fraction of sp³-hybridized carbons (Fsp3) is 0.333. The van der Waals surface area contributed by atoms with Crippen molar-refractivity contribution in [2.24, 2.45) is 0 Å². The number of aromatic nitrogens is 1. The van der Waals surface area contributed by atoms with Crippen molar-refractivity contribution in [1.29, 1.82) is 0 Å². The summed E-state index contributed by atoms with van der Waals surface area (Å²) in [5.74, 6) is 0.0193. The first kappa shape index (κ1) is 21.7. The number of pyridine rings is 1. The zero-order chi connectivity index (χ0) is 22.7. The molecule has 8 heteroatoms. The molecule has 3 aromatic rings. The molecule has 0 aliphatic carbocycles. The Labute approximate surface area is 187 Å². The van der Waals surface area contributed by atoms with Gasteiger partial charge in [0.1, 0.15) is 0 Å². The van der Waals surface area contributed by atoms with E-state index in [1.165, 1.54) is 5.56 Å². The molecule has 2 aromatic carbocycles. The standard InChI is InChI=1S/C24H27N5O3/c1-17-3-5-19(6-4-17)15-26-24(30)18(2)27-11-13-28(14-12-27)22-7-8-23(29(31)32)21-16-25-10-9-20(21)22/h3-10,16,18H,11-15H2,1-2H3,(H,26,30)/t18-/m1/s1. The van der Waals surface area contributed by atoms with Gasteiger partial charge in [-0.1, -0.05) is 29.8 Å². The van der Waals surface area contributed by atoms with Gasteiger partial charge in [0.2, 0.25) is 5.91 Å². The van der Waals surface area contributed by atoms with Gasteiger partial charge in [-0.2, -0.15) is 0 Å². The van der Waals surface area contributed by atoms with E-state index in [1.807, 2.05) is 50.2 Å². The van der Waals surface area contributed by atoms with Crippen LogP contribution in [0.3, 0.4) is 0 Å². The zero-order valence-corrected chi connectivity index (χ0v) is 18.3. The van der Waals surface area contributed by atoms with Crippen LogP contribution in [0.1, 0.15) is 18.1 Å².